The molecule has 5 nitrogen and oxygen atoms in total. The van der Waals surface area contributed by atoms with E-state index in [9.17, 15) is 4.79 Å². The Balaban J connectivity index is 1.59. The van der Waals surface area contributed by atoms with E-state index in [1.54, 1.807) is 7.11 Å². The van der Waals surface area contributed by atoms with E-state index in [0.717, 1.165) is 53.9 Å². The summed E-state index contributed by atoms with van der Waals surface area (Å²) in [4.78, 5) is 14.2. The number of amides is 1. The summed E-state index contributed by atoms with van der Waals surface area (Å²) >= 11 is 0. The molecular formula is C29H39N3O2. The zero-order valence-electron chi connectivity index (χ0n) is 20.7. The first kappa shape index (κ1) is 23.1. The van der Waals surface area contributed by atoms with E-state index in [1.165, 1.54) is 38.5 Å². The minimum absolute atomic E-state index is 0.186. The standard InChI is InChI=1S/C29H39N3O2/c1-20-17-18-22(19-26(20)34-2)29(31-24-15-9-10-16-25(24)32-29)27(21-11-5-3-6-12-21)28(33)30-23-13-7-4-8-14-23/h9-10,15-19,21,23,27,31-32H,3-8,11-14H2,1-2H3,(H,30,33). The molecule has 0 radical (unpaired) electrons. The van der Waals surface area contributed by atoms with Gasteiger partial charge in [0.2, 0.25) is 5.91 Å². The van der Waals surface area contributed by atoms with Gasteiger partial charge >= 0.3 is 0 Å². The van der Waals surface area contributed by atoms with Crippen LogP contribution < -0.4 is 20.7 Å². The highest BCUT2D eigenvalue weighted by molar-refractivity contribution is 5.86. The highest BCUT2D eigenvalue weighted by Gasteiger charge is 2.52. The van der Waals surface area contributed by atoms with Crippen molar-refractivity contribution in [2.45, 2.75) is 82.8 Å². The second-order valence-corrected chi connectivity index (χ2v) is 10.5. The van der Waals surface area contributed by atoms with Crippen LogP contribution in [0.3, 0.4) is 0 Å². The second kappa shape index (κ2) is 9.89. The third-order valence-corrected chi connectivity index (χ3v) is 8.28. The fourth-order valence-electron chi connectivity index (χ4n) is 6.47. The van der Waals surface area contributed by atoms with Crippen molar-refractivity contribution in [2.24, 2.45) is 11.8 Å². The smallest absolute Gasteiger partial charge is 0.228 e. The molecule has 1 heterocycles. The van der Waals surface area contributed by atoms with Gasteiger partial charge in [0, 0.05) is 11.6 Å². The summed E-state index contributed by atoms with van der Waals surface area (Å²) in [6.45, 7) is 2.06. The lowest BCUT2D eigenvalue weighted by Gasteiger charge is -2.44. The van der Waals surface area contributed by atoms with Crippen LogP contribution in [-0.4, -0.2) is 19.1 Å². The van der Waals surface area contributed by atoms with E-state index in [2.05, 4.69) is 65.3 Å². The number of carbonyl (C=O) groups is 1. The number of anilines is 2. The summed E-state index contributed by atoms with van der Waals surface area (Å²) in [6.07, 6.45) is 11.7. The summed E-state index contributed by atoms with van der Waals surface area (Å²) in [7, 11) is 1.72. The van der Waals surface area contributed by atoms with E-state index in [-0.39, 0.29) is 11.8 Å². The first-order valence-corrected chi connectivity index (χ1v) is 13.2. The van der Waals surface area contributed by atoms with Crippen molar-refractivity contribution in [3.05, 3.63) is 53.6 Å². The second-order valence-electron chi connectivity index (χ2n) is 10.5. The molecule has 1 atom stereocenters. The molecule has 1 amide bonds. The van der Waals surface area contributed by atoms with Crippen LogP contribution in [0, 0.1) is 18.8 Å². The van der Waals surface area contributed by atoms with Crippen LogP contribution in [0.15, 0.2) is 42.5 Å². The molecule has 2 aromatic rings. The van der Waals surface area contributed by atoms with Crippen LogP contribution in [-0.2, 0) is 10.5 Å². The zero-order chi connectivity index (χ0) is 23.5. The molecule has 0 aromatic heterocycles. The van der Waals surface area contributed by atoms with Crippen LogP contribution in [0.5, 0.6) is 5.75 Å². The number of aryl methyl sites for hydroxylation is 1. The fourth-order valence-corrected chi connectivity index (χ4v) is 6.47. The number of carbonyl (C=O) groups excluding carboxylic acids is 1. The van der Waals surface area contributed by atoms with E-state index < -0.39 is 5.66 Å². The van der Waals surface area contributed by atoms with Crippen molar-refractivity contribution < 1.29 is 9.53 Å². The van der Waals surface area contributed by atoms with E-state index in [0.29, 0.717) is 12.0 Å². The van der Waals surface area contributed by atoms with Crippen LogP contribution in [0.1, 0.15) is 75.3 Å². The number of ether oxygens (including phenoxy) is 1. The molecule has 0 saturated heterocycles. The van der Waals surface area contributed by atoms with E-state index in [1.807, 2.05) is 0 Å². The maximum Gasteiger partial charge on any atom is 0.228 e. The molecule has 3 aliphatic rings. The highest BCUT2D eigenvalue weighted by Crippen LogP contribution is 2.49. The first-order valence-electron chi connectivity index (χ1n) is 13.2. The number of methoxy groups -OCH3 is 1. The van der Waals surface area contributed by atoms with Gasteiger partial charge in [-0.05, 0) is 62.3 Å². The third kappa shape index (κ3) is 4.37. The van der Waals surface area contributed by atoms with Gasteiger partial charge in [0.1, 0.15) is 11.4 Å². The van der Waals surface area contributed by atoms with Crippen molar-refractivity contribution in [2.75, 3.05) is 17.7 Å². The lowest BCUT2D eigenvalue weighted by Crippen LogP contribution is -2.56. The van der Waals surface area contributed by atoms with Gasteiger partial charge in [-0.3, -0.25) is 4.79 Å². The molecular weight excluding hydrogens is 422 g/mol. The number of fused-ring (bicyclic) bond motifs is 1. The molecule has 34 heavy (non-hydrogen) atoms. The van der Waals surface area contributed by atoms with E-state index >= 15 is 0 Å². The molecule has 5 rings (SSSR count). The summed E-state index contributed by atoms with van der Waals surface area (Å²) in [5.41, 5.74) is 3.53. The summed E-state index contributed by atoms with van der Waals surface area (Å²) in [5.74, 6) is 1.13. The van der Waals surface area contributed by atoms with Gasteiger partial charge in [-0.15, -0.1) is 0 Å². The fraction of sp³-hybridized carbons (Fsp3) is 0.552. The summed E-state index contributed by atoms with van der Waals surface area (Å²) < 4.78 is 5.72. The number of nitrogens with one attached hydrogen (secondary N) is 3. The van der Waals surface area contributed by atoms with E-state index in [4.69, 9.17) is 4.74 Å². The van der Waals surface area contributed by atoms with Crippen molar-refractivity contribution in [1.82, 2.24) is 5.32 Å². The van der Waals surface area contributed by atoms with Gasteiger partial charge < -0.3 is 20.7 Å². The Hall–Kier alpha value is -2.69. The van der Waals surface area contributed by atoms with Crippen LogP contribution in [0.2, 0.25) is 0 Å². The van der Waals surface area contributed by atoms with Crippen LogP contribution >= 0.6 is 0 Å². The molecule has 0 bridgehead atoms. The molecule has 2 aromatic carbocycles. The third-order valence-electron chi connectivity index (χ3n) is 8.28. The molecule has 0 spiro atoms. The molecule has 182 valence electrons. The molecule has 5 heteroatoms. The number of hydrogen-bond acceptors (Lipinski definition) is 4. The van der Waals surface area contributed by atoms with Gasteiger partial charge in [-0.2, -0.15) is 0 Å². The molecule has 1 aliphatic heterocycles. The SMILES string of the molecule is COc1cc(C2(C(C(=O)NC3CCCCC3)C3CCCCC3)Nc3ccccc3N2)ccc1C. The maximum atomic E-state index is 14.2. The normalized spacial score (nSPS) is 21.1. The van der Waals surface area contributed by atoms with Crippen molar-refractivity contribution >= 4 is 17.3 Å². The molecule has 2 aliphatic carbocycles. The number of benzene rings is 2. The van der Waals surface area contributed by atoms with Crippen LogP contribution in [0.25, 0.3) is 0 Å². The molecule has 1 unspecified atom stereocenters. The van der Waals surface area contributed by atoms with Gasteiger partial charge in [-0.1, -0.05) is 62.8 Å². The monoisotopic (exact) mass is 461 g/mol. The van der Waals surface area contributed by atoms with Gasteiger partial charge in [-0.25, -0.2) is 0 Å². The quantitative estimate of drug-likeness (QED) is 0.470. The Kier molecular flexibility index (Phi) is 6.71. The van der Waals surface area contributed by atoms with Gasteiger partial charge in [0.05, 0.1) is 24.4 Å². The molecule has 3 N–H and O–H groups in total. The lowest BCUT2D eigenvalue weighted by atomic mass is 9.71. The number of rotatable bonds is 6. The van der Waals surface area contributed by atoms with Gasteiger partial charge in [0.15, 0.2) is 0 Å². The molecule has 2 fully saturated rings. The van der Waals surface area contributed by atoms with Crippen molar-refractivity contribution in [3.8, 4) is 5.75 Å². The summed E-state index contributed by atoms with van der Waals surface area (Å²) in [6, 6.07) is 15.0. The maximum absolute atomic E-state index is 14.2. The minimum atomic E-state index is -0.717. The first-order chi connectivity index (χ1) is 16.6. The topological polar surface area (TPSA) is 62.4 Å². The Morgan fingerprint density at radius 2 is 1.56 bits per heavy atom. The Labute approximate surface area is 204 Å². The van der Waals surface area contributed by atoms with Crippen LogP contribution in [0.4, 0.5) is 11.4 Å². The lowest BCUT2D eigenvalue weighted by molar-refractivity contribution is -0.130. The minimum Gasteiger partial charge on any atom is -0.496 e. The Bertz CT molecular complexity index is 983. The average molecular weight is 462 g/mol. The van der Waals surface area contributed by atoms with Crippen molar-refractivity contribution in [3.63, 3.8) is 0 Å². The Morgan fingerprint density at radius 3 is 2.18 bits per heavy atom. The molecule has 2 saturated carbocycles. The zero-order valence-corrected chi connectivity index (χ0v) is 20.7. The highest BCUT2D eigenvalue weighted by atomic mass is 16.5. The predicted octanol–water partition coefficient (Wildman–Crippen LogP) is 6.34. The van der Waals surface area contributed by atoms with Crippen molar-refractivity contribution in [1.29, 1.82) is 0 Å². The Morgan fingerprint density at radius 1 is 0.941 bits per heavy atom. The summed E-state index contributed by atoms with van der Waals surface area (Å²) in [5, 5.41) is 11.2. The number of para-hydroxylation sites is 2. The largest absolute Gasteiger partial charge is 0.496 e. The van der Waals surface area contributed by atoms with Gasteiger partial charge in [0.25, 0.3) is 0 Å². The average Bonchev–Trinajstić information content (AvgIpc) is 3.26. The predicted molar refractivity (Wildman–Crippen MR) is 138 cm³/mol. The number of hydrogen-bond donors (Lipinski definition) is 3.